The Morgan fingerprint density at radius 1 is 0.857 bits per heavy atom. The van der Waals surface area contributed by atoms with Crippen molar-refractivity contribution in [1.29, 1.82) is 0 Å². The zero-order valence-corrected chi connectivity index (χ0v) is 20.2. The van der Waals surface area contributed by atoms with E-state index < -0.39 is 11.6 Å². The monoisotopic (exact) mass is 478 g/mol. The molecule has 1 saturated heterocycles. The molecule has 0 saturated carbocycles. The molecule has 1 aliphatic rings. The number of allylic oxidation sites excluding steroid dienone is 2. The molecule has 0 spiro atoms. The lowest BCUT2D eigenvalue weighted by molar-refractivity contribution is -0.175. The molecule has 0 aromatic heterocycles. The summed E-state index contributed by atoms with van der Waals surface area (Å²) in [6, 6.07) is 15.2. The third kappa shape index (κ3) is 5.88. The van der Waals surface area contributed by atoms with Crippen molar-refractivity contribution in [3.63, 3.8) is 0 Å². The Morgan fingerprint density at radius 3 is 2.14 bits per heavy atom. The first kappa shape index (κ1) is 25.3. The second kappa shape index (κ2) is 11.7. The Balaban J connectivity index is 1.49. The van der Waals surface area contributed by atoms with Gasteiger partial charge < -0.3 is 9.47 Å². The quantitative estimate of drug-likeness (QED) is 0.261. The van der Waals surface area contributed by atoms with Crippen molar-refractivity contribution in [2.75, 3.05) is 13.2 Å². The minimum Gasteiger partial charge on any atom is -0.353 e. The lowest BCUT2D eigenvalue weighted by Crippen LogP contribution is -2.30. The van der Waals surface area contributed by atoms with Gasteiger partial charge in [-0.05, 0) is 53.9 Å². The summed E-state index contributed by atoms with van der Waals surface area (Å²) < 4.78 is 55.7. The van der Waals surface area contributed by atoms with Crippen LogP contribution < -0.4 is 0 Å². The van der Waals surface area contributed by atoms with Crippen molar-refractivity contribution in [3.05, 3.63) is 95.3 Å². The molecule has 0 radical (unpaired) electrons. The second-order valence-electron chi connectivity index (χ2n) is 8.84. The topological polar surface area (TPSA) is 18.5 Å². The number of halogens is 3. The van der Waals surface area contributed by atoms with Gasteiger partial charge in [0.15, 0.2) is 17.9 Å². The van der Waals surface area contributed by atoms with Crippen molar-refractivity contribution in [1.82, 2.24) is 0 Å². The van der Waals surface area contributed by atoms with E-state index in [-0.39, 0.29) is 23.6 Å². The van der Waals surface area contributed by atoms with Crippen molar-refractivity contribution in [2.45, 2.75) is 44.7 Å². The second-order valence-corrected chi connectivity index (χ2v) is 8.84. The Hall–Kier alpha value is -2.83. The molecule has 3 aromatic carbocycles. The molecule has 3 aromatic rings. The van der Waals surface area contributed by atoms with Crippen LogP contribution in [0.1, 0.15) is 36.8 Å². The summed E-state index contributed by atoms with van der Waals surface area (Å²) in [5.41, 5.74) is 3.05. The predicted molar refractivity (Wildman–Crippen MR) is 137 cm³/mol. The van der Waals surface area contributed by atoms with Crippen LogP contribution in [0.2, 0.25) is 6.32 Å². The Labute approximate surface area is 206 Å². The van der Waals surface area contributed by atoms with Crippen molar-refractivity contribution < 1.29 is 22.6 Å². The molecule has 1 heterocycles. The molecule has 0 unspecified atom stereocenters. The van der Waals surface area contributed by atoms with Crippen LogP contribution in [0.25, 0.3) is 22.3 Å². The SMILES string of the molecule is BCC1OCC(c2ccc(-c3ccc(-c4ccc(CC/C=C/CC)c(F)c4F)cc3)c(F)c2)CO1. The van der Waals surface area contributed by atoms with Crippen LogP contribution in [-0.2, 0) is 15.9 Å². The van der Waals surface area contributed by atoms with E-state index >= 15 is 0 Å². The highest BCUT2D eigenvalue weighted by atomic mass is 19.2. The summed E-state index contributed by atoms with van der Waals surface area (Å²) in [7, 11) is 2.00. The first-order valence-electron chi connectivity index (χ1n) is 12.3. The fourth-order valence-corrected chi connectivity index (χ4v) is 4.35. The molecule has 0 atom stereocenters. The van der Waals surface area contributed by atoms with Gasteiger partial charge in [-0.3, -0.25) is 0 Å². The molecular formula is C29H30BF3O2. The molecule has 0 amide bonds. The Kier molecular flexibility index (Phi) is 8.48. The van der Waals surface area contributed by atoms with Crippen LogP contribution in [0.3, 0.4) is 0 Å². The molecule has 1 aliphatic heterocycles. The van der Waals surface area contributed by atoms with Gasteiger partial charge in [-0.15, -0.1) is 0 Å². The van der Waals surface area contributed by atoms with Gasteiger partial charge in [-0.2, -0.15) is 0 Å². The van der Waals surface area contributed by atoms with Gasteiger partial charge >= 0.3 is 0 Å². The fourth-order valence-electron chi connectivity index (χ4n) is 4.35. The highest BCUT2D eigenvalue weighted by Crippen LogP contribution is 2.32. The number of hydrogen-bond acceptors (Lipinski definition) is 2. The Morgan fingerprint density at radius 2 is 1.51 bits per heavy atom. The third-order valence-electron chi connectivity index (χ3n) is 6.42. The number of hydrogen-bond donors (Lipinski definition) is 0. The molecular weight excluding hydrogens is 448 g/mol. The van der Waals surface area contributed by atoms with Gasteiger partial charge in [-0.1, -0.05) is 67.6 Å². The van der Waals surface area contributed by atoms with Gasteiger partial charge in [0.05, 0.1) is 13.2 Å². The maximum Gasteiger partial charge on any atom is 0.166 e. The number of benzene rings is 3. The van der Waals surface area contributed by atoms with E-state index in [1.165, 1.54) is 6.07 Å². The van der Waals surface area contributed by atoms with Crippen LogP contribution in [-0.4, -0.2) is 27.4 Å². The first-order chi connectivity index (χ1) is 17.0. The van der Waals surface area contributed by atoms with Crippen molar-refractivity contribution >= 4 is 7.85 Å². The molecule has 1 fully saturated rings. The smallest absolute Gasteiger partial charge is 0.166 e. The average molecular weight is 478 g/mol. The van der Waals surface area contributed by atoms with Gasteiger partial charge in [-0.25, -0.2) is 13.2 Å². The molecule has 0 bridgehead atoms. The summed E-state index contributed by atoms with van der Waals surface area (Å²) in [6.45, 7) is 3.04. The van der Waals surface area contributed by atoms with Crippen molar-refractivity contribution in [3.8, 4) is 22.3 Å². The standard InChI is InChI=1S/C29H30BF3O2/c1-2-3-4-5-6-21-11-14-25(29(33)28(21)32)20-9-7-19(8-10-20)24-13-12-22(15-26(24)31)23-17-34-27(16-30)35-18-23/h3-4,7-15,23,27H,2,5-6,16-18,30H2,1H3/b4-3+. The minimum absolute atomic E-state index is 0.00719. The van der Waals surface area contributed by atoms with E-state index in [4.69, 9.17) is 9.47 Å². The Bertz CT molecular complexity index is 1170. The van der Waals surface area contributed by atoms with E-state index in [1.54, 1.807) is 42.5 Å². The highest BCUT2D eigenvalue weighted by molar-refractivity contribution is 6.08. The van der Waals surface area contributed by atoms with Crippen LogP contribution >= 0.6 is 0 Å². The molecule has 35 heavy (non-hydrogen) atoms. The van der Waals surface area contributed by atoms with Gasteiger partial charge in [0, 0.05) is 17.0 Å². The van der Waals surface area contributed by atoms with E-state index in [2.05, 4.69) is 0 Å². The average Bonchev–Trinajstić information content (AvgIpc) is 2.89. The maximum atomic E-state index is 15.0. The van der Waals surface area contributed by atoms with Crippen LogP contribution in [0.5, 0.6) is 0 Å². The zero-order chi connectivity index (χ0) is 24.8. The normalized spacial score (nSPS) is 18.3. The maximum absolute atomic E-state index is 15.0. The molecule has 0 N–H and O–H groups in total. The summed E-state index contributed by atoms with van der Waals surface area (Å²) in [5, 5.41) is 0. The minimum atomic E-state index is -0.854. The lowest BCUT2D eigenvalue weighted by Gasteiger charge is -2.29. The van der Waals surface area contributed by atoms with Crippen LogP contribution in [0.15, 0.2) is 66.7 Å². The van der Waals surface area contributed by atoms with Gasteiger partial charge in [0.1, 0.15) is 13.7 Å². The molecule has 6 heteroatoms. The molecule has 4 rings (SSSR count). The number of rotatable bonds is 8. The van der Waals surface area contributed by atoms with Crippen molar-refractivity contribution in [2.24, 2.45) is 0 Å². The molecule has 182 valence electrons. The molecule has 2 nitrogen and oxygen atoms in total. The van der Waals surface area contributed by atoms with Crippen LogP contribution in [0, 0.1) is 17.5 Å². The third-order valence-corrected chi connectivity index (χ3v) is 6.42. The predicted octanol–water partition coefficient (Wildman–Crippen LogP) is 6.84. The van der Waals surface area contributed by atoms with Gasteiger partial charge in [0.2, 0.25) is 0 Å². The first-order valence-corrected chi connectivity index (χ1v) is 12.3. The molecule has 0 aliphatic carbocycles. The summed E-state index contributed by atoms with van der Waals surface area (Å²) >= 11 is 0. The summed E-state index contributed by atoms with van der Waals surface area (Å²) in [5.74, 6) is -2.01. The fraction of sp³-hybridized carbons (Fsp3) is 0.310. The lowest BCUT2D eigenvalue weighted by atomic mass is 9.94. The summed E-state index contributed by atoms with van der Waals surface area (Å²) in [6.07, 6.45) is 6.63. The van der Waals surface area contributed by atoms with E-state index in [0.29, 0.717) is 48.3 Å². The van der Waals surface area contributed by atoms with E-state index in [9.17, 15) is 13.2 Å². The zero-order valence-electron chi connectivity index (χ0n) is 20.2. The van der Waals surface area contributed by atoms with Gasteiger partial charge in [0.25, 0.3) is 0 Å². The van der Waals surface area contributed by atoms with E-state index in [0.717, 1.165) is 18.3 Å². The number of aryl methyl sites for hydroxylation is 1. The van der Waals surface area contributed by atoms with E-state index in [1.807, 2.05) is 33.0 Å². The largest absolute Gasteiger partial charge is 0.353 e. The summed E-state index contributed by atoms with van der Waals surface area (Å²) in [4.78, 5) is 0. The number of ether oxygens (including phenoxy) is 2. The highest BCUT2D eigenvalue weighted by Gasteiger charge is 2.23. The van der Waals surface area contributed by atoms with Crippen LogP contribution in [0.4, 0.5) is 13.2 Å².